The molecule has 1 rings (SSSR count). The predicted molar refractivity (Wildman–Crippen MR) is 32.2 cm³/mol. The summed E-state index contributed by atoms with van der Waals surface area (Å²) in [6, 6.07) is 0. The molecule has 0 radical (unpaired) electrons. The second-order valence-corrected chi connectivity index (χ2v) is 2.56. The van der Waals surface area contributed by atoms with Gasteiger partial charge in [0.15, 0.2) is 0 Å². The van der Waals surface area contributed by atoms with E-state index in [0.29, 0.717) is 0 Å². The number of hydrogen-bond acceptors (Lipinski definition) is 0. The van der Waals surface area contributed by atoms with Crippen molar-refractivity contribution in [1.29, 1.82) is 0 Å². The summed E-state index contributed by atoms with van der Waals surface area (Å²) in [5, 5.41) is 0. The van der Waals surface area contributed by atoms with Gasteiger partial charge in [-0.3, -0.25) is 0 Å². The molecule has 0 N–H and O–H groups in total. The molecule has 0 spiro atoms. The number of hydrogen-bond donors (Lipinski definition) is 0. The molecule has 1 fully saturated rings. The van der Waals surface area contributed by atoms with E-state index >= 15 is 0 Å². The van der Waals surface area contributed by atoms with Crippen LogP contribution in [0.4, 0.5) is 0 Å². The van der Waals surface area contributed by atoms with Gasteiger partial charge in [0.25, 0.3) is 0 Å². The minimum Gasteiger partial charge on any atom is -0.0651 e. The predicted octanol–water partition coefficient (Wildman–Crippen LogP) is 2.58. The first-order valence-electron chi connectivity index (χ1n) is 3.43. The first-order chi connectivity index (χ1) is 3.43. The van der Waals surface area contributed by atoms with Gasteiger partial charge in [-0.25, -0.2) is 0 Å². The van der Waals surface area contributed by atoms with Gasteiger partial charge >= 0.3 is 0 Å². The maximum absolute atomic E-state index is 2.30. The van der Waals surface area contributed by atoms with Crippen molar-refractivity contribution < 1.29 is 19.5 Å². The summed E-state index contributed by atoms with van der Waals surface area (Å²) in [6.45, 7) is 2.30. The zero-order valence-electron chi connectivity index (χ0n) is 5.47. The smallest absolute Gasteiger partial charge is 0 e. The van der Waals surface area contributed by atoms with Crippen LogP contribution in [0.3, 0.4) is 0 Å². The second kappa shape index (κ2) is 4.50. The van der Waals surface area contributed by atoms with Crippen molar-refractivity contribution in [3.63, 3.8) is 0 Å². The van der Waals surface area contributed by atoms with Crippen LogP contribution >= 0.6 is 0 Å². The van der Waals surface area contributed by atoms with Crippen LogP contribution in [-0.4, -0.2) is 0 Å². The van der Waals surface area contributed by atoms with E-state index in [1.54, 1.807) is 0 Å². The van der Waals surface area contributed by atoms with Crippen molar-refractivity contribution in [2.24, 2.45) is 5.92 Å². The van der Waals surface area contributed by atoms with Crippen LogP contribution in [-0.2, 0) is 19.5 Å². The molecule has 1 aliphatic rings. The average molecular weight is 199 g/mol. The molecule has 0 amide bonds. The summed E-state index contributed by atoms with van der Waals surface area (Å²) in [5.74, 6) is 1.10. The Morgan fingerprint density at radius 1 is 1.25 bits per heavy atom. The third-order valence-electron chi connectivity index (χ3n) is 2.05. The van der Waals surface area contributed by atoms with E-state index in [-0.39, 0.29) is 19.5 Å². The van der Waals surface area contributed by atoms with E-state index in [2.05, 4.69) is 6.92 Å². The quantitative estimate of drug-likeness (QED) is 0.569. The van der Waals surface area contributed by atoms with Gasteiger partial charge in [-0.05, 0) is 5.92 Å². The molecule has 0 atom stereocenters. The largest absolute Gasteiger partial charge is 0.0651 e. The van der Waals surface area contributed by atoms with Crippen LogP contribution in [0.2, 0.25) is 0 Å². The summed E-state index contributed by atoms with van der Waals surface area (Å²) in [4.78, 5) is 0. The maximum atomic E-state index is 2.30. The van der Waals surface area contributed by atoms with Gasteiger partial charge in [-0.1, -0.05) is 39.0 Å². The Morgan fingerprint density at radius 3 is 2.00 bits per heavy atom. The average Bonchev–Trinajstić information content (AvgIpc) is 2.14. The Morgan fingerprint density at radius 2 is 1.75 bits per heavy atom. The van der Waals surface area contributed by atoms with Crippen molar-refractivity contribution >= 4 is 0 Å². The Labute approximate surface area is 64.8 Å². The minimum absolute atomic E-state index is 0. The van der Waals surface area contributed by atoms with Crippen LogP contribution in [0.15, 0.2) is 0 Å². The van der Waals surface area contributed by atoms with Crippen molar-refractivity contribution in [3.8, 4) is 0 Å². The molecule has 0 aromatic rings. The molecule has 0 saturated heterocycles. The van der Waals surface area contributed by atoms with Crippen LogP contribution in [0.5, 0.6) is 0 Å². The Hall–Kier alpha value is 0.623. The summed E-state index contributed by atoms with van der Waals surface area (Å²) < 4.78 is 0. The maximum Gasteiger partial charge on any atom is 0 e. The summed E-state index contributed by atoms with van der Waals surface area (Å²) in [5.41, 5.74) is 0. The van der Waals surface area contributed by atoms with E-state index in [0.717, 1.165) is 5.92 Å². The van der Waals surface area contributed by atoms with E-state index in [1.165, 1.54) is 32.1 Å². The molecule has 0 bridgehead atoms. The summed E-state index contributed by atoms with van der Waals surface area (Å²) in [6.07, 6.45) is 7.43. The molecule has 1 saturated carbocycles. The van der Waals surface area contributed by atoms with Gasteiger partial charge in [0.05, 0.1) is 0 Å². The van der Waals surface area contributed by atoms with Gasteiger partial charge in [0, 0.05) is 19.5 Å². The second-order valence-electron chi connectivity index (χ2n) is 2.56. The molecule has 0 aliphatic heterocycles. The summed E-state index contributed by atoms with van der Waals surface area (Å²) >= 11 is 0. The van der Waals surface area contributed by atoms with Gasteiger partial charge in [-0.2, -0.15) is 0 Å². The molecule has 50 valence electrons. The minimum atomic E-state index is 0. The fourth-order valence-electron chi connectivity index (χ4n) is 1.42. The van der Waals surface area contributed by atoms with Crippen molar-refractivity contribution in [2.45, 2.75) is 39.0 Å². The standard InChI is InChI=1S/C7H14.Ru/c1-2-7-5-3-4-6-7;/h7H,2-6H2,1H3;. The van der Waals surface area contributed by atoms with Crippen LogP contribution < -0.4 is 0 Å². The Bertz CT molecular complexity index is 46.3. The molecular weight excluding hydrogens is 185 g/mol. The van der Waals surface area contributed by atoms with Crippen LogP contribution in [0.1, 0.15) is 39.0 Å². The third-order valence-corrected chi connectivity index (χ3v) is 2.05. The van der Waals surface area contributed by atoms with E-state index in [1.807, 2.05) is 0 Å². The topological polar surface area (TPSA) is 0 Å². The van der Waals surface area contributed by atoms with Gasteiger partial charge in [0.1, 0.15) is 0 Å². The first kappa shape index (κ1) is 8.62. The van der Waals surface area contributed by atoms with Gasteiger partial charge in [0.2, 0.25) is 0 Å². The van der Waals surface area contributed by atoms with Crippen LogP contribution in [0.25, 0.3) is 0 Å². The summed E-state index contributed by atoms with van der Waals surface area (Å²) in [7, 11) is 0. The van der Waals surface area contributed by atoms with Crippen molar-refractivity contribution in [2.75, 3.05) is 0 Å². The van der Waals surface area contributed by atoms with Crippen molar-refractivity contribution in [1.82, 2.24) is 0 Å². The normalized spacial score (nSPS) is 20.6. The zero-order chi connectivity index (χ0) is 5.11. The fourth-order valence-corrected chi connectivity index (χ4v) is 1.42. The zero-order valence-corrected chi connectivity index (χ0v) is 7.20. The molecule has 0 aromatic heterocycles. The van der Waals surface area contributed by atoms with Gasteiger partial charge < -0.3 is 0 Å². The fraction of sp³-hybridized carbons (Fsp3) is 1.00. The van der Waals surface area contributed by atoms with E-state index in [9.17, 15) is 0 Å². The molecule has 1 aliphatic carbocycles. The molecule has 0 heterocycles. The monoisotopic (exact) mass is 200 g/mol. The number of rotatable bonds is 1. The van der Waals surface area contributed by atoms with E-state index < -0.39 is 0 Å². The van der Waals surface area contributed by atoms with Gasteiger partial charge in [-0.15, -0.1) is 0 Å². The van der Waals surface area contributed by atoms with Crippen LogP contribution in [0, 0.1) is 5.92 Å². The molecule has 0 nitrogen and oxygen atoms in total. The first-order valence-corrected chi connectivity index (χ1v) is 3.43. The molecular formula is C7H14Ru. The van der Waals surface area contributed by atoms with Crippen molar-refractivity contribution in [3.05, 3.63) is 0 Å². The molecule has 0 aromatic carbocycles. The molecule has 0 unspecified atom stereocenters. The molecule has 8 heavy (non-hydrogen) atoms. The SMILES string of the molecule is CCC1CCCC1.[Ru]. The van der Waals surface area contributed by atoms with E-state index in [4.69, 9.17) is 0 Å². The molecule has 1 heteroatoms. The third kappa shape index (κ3) is 2.26. The Balaban J connectivity index is 0.000000490. The Kier molecular flexibility index (Phi) is 4.85.